The van der Waals surface area contributed by atoms with Crippen LogP contribution in [-0.2, 0) is 4.79 Å². The summed E-state index contributed by atoms with van der Waals surface area (Å²) in [6.45, 7) is 11.0. The van der Waals surface area contributed by atoms with Crippen molar-refractivity contribution < 1.29 is 4.79 Å². The summed E-state index contributed by atoms with van der Waals surface area (Å²) in [5.41, 5.74) is 1.52. The highest BCUT2D eigenvalue weighted by atomic mass is 16.1. The number of nitrogens with one attached hydrogen (secondary N) is 1. The Balaban J connectivity index is 1.42. The van der Waals surface area contributed by atoms with Gasteiger partial charge in [0.15, 0.2) is 5.78 Å². The Bertz CT molecular complexity index is 717. The number of likely N-dealkylation sites (tertiary alicyclic amines) is 1. The topological polar surface area (TPSA) is 59.4 Å². The van der Waals surface area contributed by atoms with E-state index in [1.54, 1.807) is 0 Å². The van der Waals surface area contributed by atoms with Crippen molar-refractivity contribution >= 4 is 11.5 Å². The van der Waals surface area contributed by atoms with Gasteiger partial charge in [0, 0.05) is 36.8 Å². The van der Waals surface area contributed by atoms with Crippen LogP contribution in [0.2, 0.25) is 0 Å². The van der Waals surface area contributed by atoms with Gasteiger partial charge in [0.05, 0.1) is 18.2 Å². The van der Waals surface area contributed by atoms with Gasteiger partial charge in [-0.3, -0.25) is 9.69 Å². The molecule has 1 aromatic rings. The van der Waals surface area contributed by atoms with E-state index in [1.165, 1.54) is 12.8 Å². The predicted molar refractivity (Wildman–Crippen MR) is 118 cm³/mol. The molecule has 0 amide bonds. The van der Waals surface area contributed by atoms with Crippen LogP contribution in [0.4, 0.5) is 5.69 Å². The van der Waals surface area contributed by atoms with E-state index in [-0.39, 0.29) is 5.41 Å². The van der Waals surface area contributed by atoms with E-state index < -0.39 is 0 Å². The minimum atomic E-state index is -0.254. The average Bonchev–Trinajstić information content (AvgIpc) is 2.95. The third kappa shape index (κ3) is 5.58. The number of nitriles is 1. The Hall–Kier alpha value is -1.90. The number of likely N-dealkylation sites (N-methyl/N-ethyl adjacent to an activating group) is 1. The Morgan fingerprint density at radius 3 is 2.38 bits per heavy atom. The number of Topliss-reactive ketones (excluding diaryl/α,β-unsaturated/α-hetero) is 1. The lowest BCUT2D eigenvalue weighted by Gasteiger charge is -2.42. The zero-order chi connectivity index (χ0) is 21.0. The van der Waals surface area contributed by atoms with Gasteiger partial charge < -0.3 is 10.2 Å². The molecular weight excluding hydrogens is 360 g/mol. The van der Waals surface area contributed by atoms with E-state index in [0.717, 1.165) is 38.3 Å². The Morgan fingerprint density at radius 1 is 1.21 bits per heavy atom. The van der Waals surface area contributed by atoms with Gasteiger partial charge in [0.2, 0.25) is 0 Å². The molecule has 158 valence electrons. The highest BCUT2D eigenvalue weighted by Crippen LogP contribution is 2.39. The van der Waals surface area contributed by atoms with Crippen LogP contribution in [0.1, 0.15) is 45.6 Å². The first kappa shape index (κ1) is 21.8. The second-order valence-corrected chi connectivity index (χ2v) is 9.91. The molecule has 0 spiro atoms. The lowest BCUT2D eigenvalue weighted by atomic mass is 9.87. The number of hydrogen-bond acceptors (Lipinski definition) is 5. The number of benzene rings is 1. The summed E-state index contributed by atoms with van der Waals surface area (Å²) in [5.74, 6) is 1.73. The van der Waals surface area contributed by atoms with Crippen LogP contribution in [0.25, 0.3) is 0 Å². The molecule has 5 nitrogen and oxygen atoms in total. The molecule has 3 rings (SSSR count). The van der Waals surface area contributed by atoms with Crippen LogP contribution in [0.15, 0.2) is 24.3 Å². The maximum Gasteiger partial charge on any atom is 0.152 e. The van der Waals surface area contributed by atoms with Crippen molar-refractivity contribution in [1.82, 2.24) is 9.80 Å². The number of ketones is 1. The van der Waals surface area contributed by atoms with Gasteiger partial charge in [0.25, 0.3) is 0 Å². The minimum Gasteiger partial charge on any atom is -0.385 e. The molecule has 0 aromatic heterocycles. The number of nitrogens with zero attached hydrogens (tertiary/aromatic N) is 3. The van der Waals surface area contributed by atoms with Gasteiger partial charge in [-0.15, -0.1) is 0 Å². The summed E-state index contributed by atoms with van der Waals surface area (Å²) in [5, 5.41) is 12.3. The standard InChI is InChI=1S/C24H36N4O/c1-24(2,3)22(29)17-27(4)23-19-8-9-20(23)16-28(15-19)13-5-12-26-21-10-6-18(14-25)7-11-21/h6-7,10-11,19-20,23,26H,5,8-9,12-13,15-17H2,1-4H3. The lowest BCUT2D eigenvalue weighted by Crippen LogP contribution is -2.53. The van der Waals surface area contributed by atoms with Gasteiger partial charge in [-0.1, -0.05) is 20.8 Å². The molecule has 1 heterocycles. The molecule has 2 unspecified atom stereocenters. The molecule has 2 atom stereocenters. The summed E-state index contributed by atoms with van der Waals surface area (Å²) in [6, 6.07) is 10.4. The highest BCUT2D eigenvalue weighted by Gasteiger charge is 2.44. The predicted octanol–water partition coefficient (Wildman–Crippen LogP) is 3.62. The van der Waals surface area contributed by atoms with Gasteiger partial charge in [-0.2, -0.15) is 5.26 Å². The highest BCUT2D eigenvalue weighted by molar-refractivity contribution is 5.85. The molecular formula is C24H36N4O. The molecule has 1 aliphatic heterocycles. The van der Waals surface area contributed by atoms with Crippen LogP contribution in [0.3, 0.4) is 0 Å². The fourth-order valence-corrected chi connectivity index (χ4v) is 4.96. The van der Waals surface area contributed by atoms with E-state index in [0.29, 0.717) is 35.8 Å². The number of fused-ring (bicyclic) bond motifs is 2. The van der Waals surface area contributed by atoms with Crippen molar-refractivity contribution in [3.05, 3.63) is 29.8 Å². The second-order valence-electron chi connectivity index (χ2n) is 9.91. The van der Waals surface area contributed by atoms with Gasteiger partial charge in [-0.05, 0) is 69.0 Å². The van der Waals surface area contributed by atoms with E-state index >= 15 is 0 Å². The number of carbonyl (C=O) groups is 1. The van der Waals surface area contributed by atoms with Crippen molar-refractivity contribution in [2.75, 3.05) is 45.1 Å². The smallest absolute Gasteiger partial charge is 0.152 e. The van der Waals surface area contributed by atoms with Crippen LogP contribution in [0.5, 0.6) is 0 Å². The molecule has 1 aromatic carbocycles. The van der Waals surface area contributed by atoms with Crippen molar-refractivity contribution in [2.45, 2.75) is 46.1 Å². The summed E-state index contributed by atoms with van der Waals surface area (Å²) in [7, 11) is 2.15. The summed E-state index contributed by atoms with van der Waals surface area (Å²) >= 11 is 0. The SMILES string of the molecule is CN(CC(=O)C(C)(C)C)C1C2CCC1CN(CCCNc1ccc(C#N)cc1)C2. The van der Waals surface area contributed by atoms with Crippen molar-refractivity contribution in [2.24, 2.45) is 17.3 Å². The summed E-state index contributed by atoms with van der Waals surface area (Å²) in [4.78, 5) is 17.4. The summed E-state index contributed by atoms with van der Waals surface area (Å²) < 4.78 is 0. The Labute approximate surface area is 176 Å². The fourth-order valence-electron chi connectivity index (χ4n) is 4.96. The van der Waals surface area contributed by atoms with Gasteiger partial charge in [-0.25, -0.2) is 0 Å². The van der Waals surface area contributed by atoms with Crippen molar-refractivity contribution in [3.8, 4) is 6.07 Å². The van der Waals surface area contributed by atoms with E-state index in [1.807, 2.05) is 45.0 Å². The lowest BCUT2D eigenvalue weighted by molar-refractivity contribution is -0.128. The molecule has 2 fully saturated rings. The van der Waals surface area contributed by atoms with Crippen LogP contribution >= 0.6 is 0 Å². The second kappa shape index (κ2) is 9.28. The van der Waals surface area contributed by atoms with Gasteiger partial charge in [0.1, 0.15) is 0 Å². The molecule has 1 N–H and O–H groups in total. The molecule has 0 radical (unpaired) electrons. The number of carbonyl (C=O) groups excluding carboxylic acids is 1. The maximum atomic E-state index is 12.5. The molecule has 2 aliphatic rings. The zero-order valence-corrected chi connectivity index (χ0v) is 18.4. The first-order chi connectivity index (χ1) is 13.8. The normalized spacial score (nSPS) is 24.5. The summed E-state index contributed by atoms with van der Waals surface area (Å²) in [6.07, 6.45) is 3.70. The third-order valence-electron chi connectivity index (χ3n) is 6.59. The first-order valence-electron chi connectivity index (χ1n) is 11.0. The quantitative estimate of drug-likeness (QED) is 0.680. The molecule has 29 heavy (non-hydrogen) atoms. The van der Waals surface area contributed by atoms with E-state index in [9.17, 15) is 4.79 Å². The third-order valence-corrected chi connectivity index (χ3v) is 6.59. The first-order valence-corrected chi connectivity index (χ1v) is 11.0. The number of anilines is 1. The van der Waals surface area contributed by atoms with Crippen LogP contribution < -0.4 is 5.32 Å². The fraction of sp³-hybridized carbons (Fsp3) is 0.667. The zero-order valence-electron chi connectivity index (χ0n) is 18.4. The maximum absolute atomic E-state index is 12.5. The molecule has 1 aliphatic carbocycles. The Morgan fingerprint density at radius 2 is 1.83 bits per heavy atom. The van der Waals surface area contributed by atoms with Crippen molar-refractivity contribution in [3.63, 3.8) is 0 Å². The monoisotopic (exact) mass is 396 g/mol. The molecule has 2 bridgehead atoms. The number of piperidine rings is 1. The van der Waals surface area contributed by atoms with Gasteiger partial charge >= 0.3 is 0 Å². The van der Waals surface area contributed by atoms with Crippen LogP contribution in [0, 0.1) is 28.6 Å². The molecule has 5 heteroatoms. The minimum absolute atomic E-state index is 0.254. The van der Waals surface area contributed by atoms with Crippen LogP contribution in [-0.4, -0.2) is 61.4 Å². The molecule has 1 saturated heterocycles. The molecule has 1 saturated carbocycles. The number of rotatable bonds is 8. The average molecular weight is 397 g/mol. The van der Waals surface area contributed by atoms with Crippen molar-refractivity contribution in [1.29, 1.82) is 5.26 Å². The van der Waals surface area contributed by atoms with E-state index in [4.69, 9.17) is 5.26 Å². The largest absolute Gasteiger partial charge is 0.385 e. The Kier molecular flexibility index (Phi) is 6.97. The number of hydrogen-bond donors (Lipinski definition) is 1. The van der Waals surface area contributed by atoms with E-state index in [2.05, 4.69) is 28.2 Å².